The maximum absolute atomic E-state index is 12.1. The second-order valence-electron chi connectivity index (χ2n) is 5.56. The van der Waals surface area contributed by atoms with Crippen molar-refractivity contribution in [3.63, 3.8) is 0 Å². The van der Waals surface area contributed by atoms with Gasteiger partial charge in [-0.25, -0.2) is 0 Å². The molecule has 23 heavy (non-hydrogen) atoms. The van der Waals surface area contributed by atoms with Crippen LogP contribution in [0.25, 0.3) is 0 Å². The van der Waals surface area contributed by atoms with Crippen LogP contribution >= 0.6 is 0 Å². The molecule has 1 aromatic heterocycles. The van der Waals surface area contributed by atoms with Crippen molar-refractivity contribution >= 4 is 5.91 Å². The lowest BCUT2D eigenvalue weighted by Crippen LogP contribution is -2.27. The average Bonchev–Trinajstić information content (AvgIpc) is 2.84. The second-order valence-corrected chi connectivity index (χ2v) is 5.56. The van der Waals surface area contributed by atoms with E-state index >= 15 is 0 Å². The zero-order chi connectivity index (χ0) is 16.8. The Morgan fingerprint density at radius 2 is 1.91 bits per heavy atom. The molecule has 0 aliphatic heterocycles. The van der Waals surface area contributed by atoms with Crippen LogP contribution in [-0.2, 0) is 17.6 Å². The summed E-state index contributed by atoms with van der Waals surface area (Å²) >= 11 is 0. The van der Waals surface area contributed by atoms with Gasteiger partial charge in [0.2, 0.25) is 5.91 Å². The van der Waals surface area contributed by atoms with E-state index in [0.717, 1.165) is 34.0 Å². The highest BCUT2D eigenvalue weighted by molar-refractivity contribution is 5.78. The fraction of sp³-hybridized carbons (Fsp3) is 0.389. The number of hydrogen-bond acceptors (Lipinski definition) is 3. The molecule has 0 aliphatic carbocycles. The number of amides is 1. The molecule has 5 nitrogen and oxygen atoms in total. The molecule has 0 saturated heterocycles. The third-order valence-corrected chi connectivity index (χ3v) is 3.81. The SMILES string of the molecule is COc1ccc(OC)c(CCNC(=O)Cc2cc(C)[nH]c2C)c1. The van der Waals surface area contributed by atoms with Gasteiger partial charge in [-0.15, -0.1) is 0 Å². The van der Waals surface area contributed by atoms with Crippen LogP contribution in [0.15, 0.2) is 24.3 Å². The molecule has 2 rings (SSSR count). The summed E-state index contributed by atoms with van der Waals surface area (Å²) < 4.78 is 10.6. The Labute approximate surface area is 137 Å². The zero-order valence-electron chi connectivity index (χ0n) is 14.2. The van der Waals surface area contributed by atoms with Gasteiger partial charge in [0.05, 0.1) is 20.6 Å². The van der Waals surface area contributed by atoms with Crippen LogP contribution in [0, 0.1) is 13.8 Å². The minimum atomic E-state index is 0.0222. The fourth-order valence-electron chi connectivity index (χ4n) is 2.61. The number of aromatic amines is 1. The predicted octanol–water partition coefficient (Wildman–Crippen LogP) is 2.55. The Hall–Kier alpha value is -2.43. The summed E-state index contributed by atoms with van der Waals surface area (Å²) in [6.07, 6.45) is 1.09. The summed E-state index contributed by atoms with van der Waals surface area (Å²) in [5.74, 6) is 1.61. The van der Waals surface area contributed by atoms with Crippen molar-refractivity contribution < 1.29 is 14.3 Å². The Balaban J connectivity index is 1.89. The largest absolute Gasteiger partial charge is 0.497 e. The van der Waals surface area contributed by atoms with Gasteiger partial charge in [-0.2, -0.15) is 0 Å². The summed E-state index contributed by atoms with van der Waals surface area (Å²) in [4.78, 5) is 15.3. The topological polar surface area (TPSA) is 63.4 Å². The highest BCUT2D eigenvalue weighted by Crippen LogP contribution is 2.24. The van der Waals surface area contributed by atoms with Crippen molar-refractivity contribution in [3.05, 3.63) is 46.8 Å². The minimum absolute atomic E-state index is 0.0222. The molecule has 0 fully saturated rings. The molecule has 0 aliphatic rings. The third-order valence-electron chi connectivity index (χ3n) is 3.81. The van der Waals surface area contributed by atoms with Crippen LogP contribution in [-0.4, -0.2) is 31.7 Å². The van der Waals surface area contributed by atoms with Crippen molar-refractivity contribution in [3.8, 4) is 11.5 Å². The van der Waals surface area contributed by atoms with Gasteiger partial charge in [-0.05, 0) is 55.7 Å². The molecule has 0 atom stereocenters. The van der Waals surface area contributed by atoms with E-state index in [0.29, 0.717) is 19.4 Å². The molecule has 0 radical (unpaired) electrons. The van der Waals surface area contributed by atoms with E-state index in [1.807, 2.05) is 38.1 Å². The van der Waals surface area contributed by atoms with Crippen molar-refractivity contribution in [2.75, 3.05) is 20.8 Å². The Bertz CT molecular complexity index is 677. The number of methoxy groups -OCH3 is 2. The Morgan fingerprint density at radius 3 is 2.52 bits per heavy atom. The van der Waals surface area contributed by atoms with Crippen molar-refractivity contribution in [1.29, 1.82) is 0 Å². The van der Waals surface area contributed by atoms with Gasteiger partial charge in [-0.1, -0.05) is 0 Å². The maximum atomic E-state index is 12.1. The highest BCUT2D eigenvalue weighted by Gasteiger charge is 2.09. The summed E-state index contributed by atoms with van der Waals surface area (Å²) in [6, 6.07) is 7.69. The van der Waals surface area contributed by atoms with E-state index < -0.39 is 0 Å². The molecule has 2 N–H and O–H groups in total. The number of carbonyl (C=O) groups excluding carboxylic acids is 1. The first-order valence-electron chi connectivity index (χ1n) is 7.66. The lowest BCUT2D eigenvalue weighted by molar-refractivity contribution is -0.120. The fourth-order valence-corrected chi connectivity index (χ4v) is 2.61. The zero-order valence-corrected chi connectivity index (χ0v) is 14.2. The first-order chi connectivity index (χ1) is 11.0. The Morgan fingerprint density at radius 1 is 1.13 bits per heavy atom. The van der Waals surface area contributed by atoms with Crippen molar-refractivity contribution in [1.82, 2.24) is 10.3 Å². The van der Waals surface area contributed by atoms with Crippen LogP contribution < -0.4 is 14.8 Å². The number of nitrogens with one attached hydrogen (secondary N) is 2. The van der Waals surface area contributed by atoms with Gasteiger partial charge in [0.1, 0.15) is 11.5 Å². The molecule has 124 valence electrons. The van der Waals surface area contributed by atoms with Gasteiger partial charge in [0.25, 0.3) is 0 Å². The minimum Gasteiger partial charge on any atom is -0.497 e. The standard InChI is InChI=1S/C18H24N2O3/c1-12-9-15(13(2)20-12)11-18(21)19-8-7-14-10-16(22-3)5-6-17(14)23-4/h5-6,9-10,20H,7-8,11H2,1-4H3,(H,19,21). The van der Waals surface area contributed by atoms with Crippen LogP contribution in [0.4, 0.5) is 0 Å². The number of hydrogen-bond donors (Lipinski definition) is 2. The number of rotatable bonds is 7. The van der Waals surface area contributed by atoms with E-state index in [1.54, 1.807) is 14.2 Å². The number of aryl methyl sites for hydroxylation is 2. The summed E-state index contributed by atoms with van der Waals surface area (Å²) in [5, 5.41) is 2.96. The smallest absolute Gasteiger partial charge is 0.224 e. The quantitative estimate of drug-likeness (QED) is 0.825. The van der Waals surface area contributed by atoms with E-state index in [4.69, 9.17) is 9.47 Å². The molecular weight excluding hydrogens is 292 g/mol. The van der Waals surface area contributed by atoms with Gasteiger partial charge < -0.3 is 19.8 Å². The second kappa shape index (κ2) is 7.72. The molecule has 2 aromatic rings. The molecular formula is C18H24N2O3. The predicted molar refractivity (Wildman–Crippen MR) is 90.2 cm³/mol. The molecule has 5 heteroatoms. The number of ether oxygens (including phenoxy) is 2. The third kappa shape index (κ3) is 4.52. The van der Waals surface area contributed by atoms with Crippen LogP contribution in [0.3, 0.4) is 0 Å². The number of H-pyrrole nitrogens is 1. The monoisotopic (exact) mass is 316 g/mol. The summed E-state index contributed by atoms with van der Waals surface area (Å²) in [7, 11) is 3.27. The van der Waals surface area contributed by atoms with E-state index in [1.165, 1.54) is 0 Å². The van der Waals surface area contributed by atoms with Crippen molar-refractivity contribution in [2.24, 2.45) is 0 Å². The maximum Gasteiger partial charge on any atom is 0.224 e. The number of benzene rings is 1. The van der Waals surface area contributed by atoms with Crippen LogP contribution in [0.1, 0.15) is 22.5 Å². The van der Waals surface area contributed by atoms with E-state index in [-0.39, 0.29) is 5.91 Å². The normalized spacial score (nSPS) is 10.4. The van der Waals surface area contributed by atoms with Crippen molar-refractivity contribution in [2.45, 2.75) is 26.7 Å². The molecule has 0 saturated carbocycles. The van der Waals surface area contributed by atoms with Gasteiger partial charge in [0, 0.05) is 17.9 Å². The molecule has 1 amide bonds. The van der Waals surface area contributed by atoms with E-state index in [2.05, 4.69) is 10.3 Å². The molecule has 0 bridgehead atoms. The van der Waals surface area contributed by atoms with Crippen LogP contribution in [0.5, 0.6) is 11.5 Å². The van der Waals surface area contributed by atoms with Gasteiger partial charge >= 0.3 is 0 Å². The lowest BCUT2D eigenvalue weighted by atomic mass is 10.1. The highest BCUT2D eigenvalue weighted by atomic mass is 16.5. The van der Waals surface area contributed by atoms with Crippen LogP contribution in [0.2, 0.25) is 0 Å². The average molecular weight is 316 g/mol. The Kier molecular flexibility index (Phi) is 5.68. The number of aromatic nitrogens is 1. The lowest BCUT2D eigenvalue weighted by Gasteiger charge is -2.11. The first kappa shape index (κ1) is 16.9. The van der Waals surface area contributed by atoms with Gasteiger partial charge in [0.15, 0.2) is 0 Å². The van der Waals surface area contributed by atoms with Gasteiger partial charge in [-0.3, -0.25) is 4.79 Å². The summed E-state index contributed by atoms with van der Waals surface area (Å²) in [5.41, 5.74) is 4.18. The summed E-state index contributed by atoms with van der Waals surface area (Å²) in [6.45, 7) is 4.53. The molecule has 0 unspecified atom stereocenters. The first-order valence-corrected chi connectivity index (χ1v) is 7.66. The van der Waals surface area contributed by atoms with E-state index in [9.17, 15) is 4.79 Å². The number of carbonyl (C=O) groups is 1. The molecule has 1 aromatic carbocycles. The molecule has 1 heterocycles. The molecule has 0 spiro atoms.